The van der Waals surface area contributed by atoms with E-state index in [9.17, 15) is 13.2 Å². The Kier molecular flexibility index (Phi) is 4.06. The van der Waals surface area contributed by atoms with Gasteiger partial charge >= 0.3 is 6.18 Å². The predicted molar refractivity (Wildman–Crippen MR) is 75.3 cm³/mol. The number of hydrogen-bond donors (Lipinski definition) is 0. The van der Waals surface area contributed by atoms with Gasteiger partial charge in [0.25, 0.3) is 0 Å². The molecule has 1 aromatic rings. The van der Waals surface area contributed by atoms with E-state index in [0.29, 0.717) is 11.7 Å². The number of nitrogens with zero attached hydrogens (tertiary/aromatic N) is 3. The molecule has 0 bridgehead atoms. The monoisotopic (exact) mass is 299 g/mol. The first kappa shape index (κ1) is 14.6. The smallest absolute Gasteiger partial charge is 0.369 e. The van der Waals surface area contributed by atoms with Gasteiger partial charge < -0.3 is 4.90 Å². The lowest BCUT2D eigenvalue weighted by molar-refractivity contribution is -0.141. The van der Waals surface area contributed by atoms with Gasteiger partial charge in [-0.25, -0.2) is 0 Å². The van der Waals surface area contributed by atoms with Crippen molar-refractivity contribution in [3.8, 4) is 0 Å². The van der Waals surface area contributed by atoms with E-state index in [0.717, 1.165) is 32.2 Å². The molecule has 0 atom stereocenters. The number of halogens is 3. The fourth-order valence-electron chi connectivity index (χ4n) is 3.39. The molecule has 116 valence electrons. The molecule has 3 nitrogen and oxygen atoms in total. The predicted octanol–water partition coefficient (Wildman–Crippen LogP) is 3.17. The summed E-state index contributed by atoms with van der Waals surface area (Å²) in [6.45, 7) is 3.46. The zero-order valence-electron chi connectivity index (χ0n) is 11.9. The summed E-state index contributed by atoms with van der Waals surface area (Å²) in [5.41, 5.74) is -0.179. The van der Waals surface area contributed by atoms with Gasteiger partial charge in [-0.3, -0.25) is 9.88 Å². The van der Waals surface area contributed by atoms with Crippen LogP contribution < -0.4 is 4.90 Å². The standard InChI is InChI=1S/C15H20F3N3/c16-15(17,18)14-11-13(5-6-19-14)21-9-7-20(8-10-21)12-3-1-2-4-12/h5-6,11-12H,1-4,7-10H2. The average molecular weight is 299 g/mol. The molecule has 3 rings (SSSR count). The molecule has 2 aliphatic rings. The molecule has 21 heavy (non-hydrogen) atoms. The fourth-order valence-corrected chi connectivity index (χ4v) is 3.39. The van der Waals surface area contributed by atoms with Crippen LogP contribution in [0.25, 0.3) is 0 Å². The molecule has 0 spiro atoms. The molecule has 1 aromatic heterocycles. The van der Waals surface area contributed by atoms with Crippen molar-refractivity contribution in [1.82, 2.24) is 9.88 Å². The van der Waals surface area contributed by atoms with E-state index in [2.05, 4.69) is 9.88 Å². The first-order valence-electron chi connectivity index (χ1n) is 7.56. The SMILES string of the molecule is FC(F)(F)c1cc(N2CCN(C3CCCC3)CC2)ccn1. The zero-order valence-corrected chi connectivity index (χ0v) is 11.9. The number of alkyl halides is 3. The lowest BCUT2D eigenvalue weighted by Crippen LogP contribution is -2.49. The summed E-state index contributed by atoms with van der Waals surface area (Å²) < 4.78 is 38.1. The Morgan fingerprint density at radius 1 is 1.05 bits per heavy atom. The van der Waals surface area contributed by atoms with E-state index in [4.69, 9.17) is 0 Å². The summed E-state index contributed by atoms with van der Waals surface area (Å²) in [4.78, 5) is 7.95. The summed E-state index contributed by atoms with van der Waals surface area (Å²) in [7, 11) is 0. The first-order chi connectivity index (χ1) is 10.0. The Morgan fingerprint density at radius 2 is 1.71 bits per heavy atom. The minimum absolute atomic E-state index is 0.628. The molecule has 2 fully saturated rings. The van der Waals surface area contributed by atoms with E-state index in [1.165, 1.54) is 31.9 Å². The van der Waals surface area contributed by atoms with Crippen LogP contribution in [0.4, 0.5) is 18.9 Å². The van der Waals surface area contributed by atoms with Crippen molar-refractivity contribution in [3.05, 3.63) is 24.0 Å². The third-order valence-corrected chi connectivity index (χ3v) is 4.55. The molecular weight excluding hydrogens is 279 g/mol. The molecule has 0 amide bonds. The van der Waals surface area contributed by atoms with Gasteiger partial charge in [0.1, 0.15) is 5.69 Å². The minimum atomic E-state index is -4.37. The molecule has 1 aliphatic heterocycles. The number of rotatable bonds is 2. The topological polar surface area (TPSA) is 19.4 Å². The molecule has 1 saturated carbocycles. The van der Waals surface area contributed by atoms with Gasteiger partial charge in [0, 0.05) is 44.1 Å². The van der Waals surface area contributed by atoms with Crippen LogP contribution in [-0.4, -0.2) is 42.1 Å². The van der Waals surface area contributed by atoms with Crippen molar-refractivity contribution in [2.75, 3.05) is 31.1 Å². The lowest BCUT2D eigenvalue weighted by atomic mass is 10.1. The Hall–Kier alpha value is -1.30. The highest BCUT2D eigenvalue weighted by atomic mass is 19.4. The number of aromatic nitrogens is 1. The zero-order chi connectivity index (χ0) is 14.9. The highest BCUT2D eigenvalue weighted by Crippen LogP contribution is 2.30. The fraction of sp³-hybridized carbons (Fsp3) is 0.667. The maximum absolute atomic E-state index is 12.7. The van der Waals surface area contributed by atoms with Crippen LogP contribution in [0.3, 0.4) is 0 Å². The summed E-state index contributed by atoms with van der Waals surface area (Å²) in [6, 6.07) is 3.52. The third-order valence-electron chi connectivity index (χ3n) is 4.55. The minimum Gasteiger partial charge on any atom is -0.369 e. The van der Waals surface area contributed by atoms with E-state index in [-0.39, 0.29) is 0 Å². The van der Waals surface area contributed by atoms with E-state index in [1.54, 1.807) is 6.07 Å². The lowest BCUT2D eigenvalue weighted by Gasteiger charge is -2.39. The normalized spacial score (nSPS) is 22.0. The Labute approximate surface area is 122 Å². The van der Waals surface area contributed by atoms with Crippen LogP contribution in [0.5, 0.6) is 0 Å². The number of piperazine rings is 1. The second-order valence-corrected chi connectivity index (χ2v) is 5.86. The van der Waals surface area contributed by atoms with Crippen LogP contribution >= 0.6 is 0 Å². The largest absolute Gasteiger partial charge is 0.433 e. The quantitative estimate of drug-likeness (QED) is 0.836. The summed E-state index contributed by atoms with van der Waals surface area (Å²) in [6.07, 6.45) is 2.04. The van der Waals surface area contributed by atoms with Gasteiger partial charge in [0.15, 0.2) is 0 Å². The molecule has 0 N–H and O–H groups in total. The highest BCUT2D eigenvalue weighted by Gasteiger charge is 2.33. The van der Waals surface area contributed by atoms with Crippen LogP contribution in [0, 0.1) is 0 Å². The van der Waals surface area contributed by atoms with Gasteiger partial charge in [0.2, 0.25) is 0 Å². The Bertz CT molecular complexity index is 475. The third kappa shape index (κ3) is 3.31. The van der Waals surface area contributed by atoms with Gasteiger partial charge in [-0.1, -0.05) is 12.8 Å². The molecule has 2 heterocycles. The van der Waals surface area contributed by atoms with Crippen LogP contribution in [0.2, 0.25) is 0 Å². The maximum atomic E-state index is 12.7. The second-order valence-electron chi connectivity index (χ2n) is 5.86. The Morgan fingerprint density at radius 3 is 2.33 bits per heavy atom. The van der Waals surface area contributed by atoms with Crippen molar-refractivity contribution in [2.45, 2.75) is 37.9 Å². The Balaban J connectivity index is 1.64. The number of hydrogen-bond acceptors (Lipinski definition) is 3. The van der Waals surface area contributed by atoms with Crippen molar-refractivity contribution >= 4 is 5.69 Å². The van der Waals surface area contributed by atoms with E-state index < -0.39 is 11.9 Å². The van der Waals surface area contributed by atoms with E-state index >= 15 is 0 Å². The average Bonchev–Trinajstić information content (AvgIpc) is 3.01. The van der Waals surface area contributed by atoms with Crippen molar-refractivity contribution in [2.24, 2.45) is 0 Å². The van der Waals surface area contributed by atoms with E-state index in [1.807, 2.05) is 4.90 Å². The van der Waals surface area contributed by atoms with Gasteiger partial charge in [-0.15, -0.1) is 0 Å². The van der Waals surface area contributed by atoms with Crippen molar-refractivity contribution < 1.29 is 13.2 Å². The van der Waals surface area contributed by atoms with Crippen LogP contribution in [0.1, 0.15) is 31.4 Å². The second kappa shape index (κ2) is 5.83. The maximum Gasteiger partial charge on any atom is 0.433 e. The molecule has 1 saturated heterocycles. The van der Waals surface area contributed by atoms with Crippen LogP contribution in [-0.2, 0) is 6.18 Å². The van der Waals surface area contributed by atoms with Gasteiger partial charge in [-0.2, -0.15) is 13.2 Å². The van der Waals surface area contributed by atoms with Crippen LogP contribution in [0.15, 0.2) is 18.3 Å². The van der Waals surface area contributed by atoms with Crippen molar-refractivity contribution in [3.63, 3.8) is 0 Å². The number of pyridine rings is 1. The van der Waals surface area contributed by atoms with Gasteiger partial charge in [-0.05, 0) is 25.0 Å². The molecule has 6 heteroatoms. The summed E-state index contributed by atoms with van der Waals surface area (Å²) >= 11 is 0. The van der Waals surface area contributed by atoms with Crippen molar-refractivity contribution in [1.29, 1.82) is 0 Å². The molecular formula is C15H20F3N3. The summed E-state index contributed by atoms with van der Waals surface area (Å²) in [5, 5.41) is 0. The molecule has 1 aliphatic carbocycles. The molecule has 0 aromatic carbocycles. The number of anilines is 1. The molecule has 0 radical (unpaired) electrons. The highest BCUT2D eigenvalue weighted by molar-refractivity contribution is 5.47. The van der Waals surface area contributed by atoms with Gasteiger partial charge in [0.05, 0.1) is 0 Å². The summed E-state index contributed by atoms with van der Waals surface area (Å²) in [5.74, 6) is 0. The first-order valence-corrected chi connectivity index (χ1v) is 7.56. The molecule has 0 unspecified atom stereocenters.